The van der Waals surface area contributed by atoms with Crippen LogP contribution >= 0.6 is 0 Å². The van der Waals surface area contributed by atoms with Crippen LogP contribution in [-0.4, -0.2) is 47.1 Å². The van der Waals surface area contributed by atoms with Crippen LogP contribution in [0.4, 0.5) is 0 Å². The molecule has 2 atom stereocenters. The van der Waals surface area contributed by atoms with Gasteiger partial charge in [0, 0.05) is 19.5 Å². The number of carbonyl (C=O) groups excluding carboxylic acids is 2. The van der Waals surface area contributed by atoms with Crippen molar-refractivity contribution in [1.82, 2.24) is 15.0 Å². The molecule has 2 heterocycles. The number of carbonyl (C=O) groups is 2. The molecule has 2 unspecified atom stereocenters. The summed E-state index contributed by atoms with van der Waals surface area (Å²) in [6.45, 7) is 2.34. The summed E-state index contributed by atoms with van der Waals surface area (Å²) in [4.78, 5) is 30.2. The lowest BCUT2D eigenvalue weighted by Gasteiger charge is -2.16. The second-order valence-electron chi connectivity index (χ2n) is 6.45. The standard InChI is InChI=1S/C18H22N4O4/c1-11-20-18(26-21-11)15-10-22(9-14(15)17(19)24)16(23)7-6-12-4-3-5-13(8-12)25-2/h3-5,8,14-15H,6-7,9-10H2,1-2H3,(H2,19,24). The van der Waals surface area contributed by atoms with Crippen LogP contribution in [0.25, 0.3) is 0 Å². The molecule has 0 bridgehead atoms. The van der Waals surface area contributed by atoms with Crippen molar-refractivity contribution in [3.05, 3.63) is 41.5 Å². The summed E-state index contributed by atoms with van der Waals surface area (Å²) in [7, 11) is 1.61. The number of primary amides is 1. The number of ether oxygens (including phenoxy) is 1. The van der Waals surface area contributed by atoms with E-state index in [9.17, 15) is 9.59 Å². The highest BCUT2D eigenvalue weighted by Gasteiger charge is 2.42. The van der Waals surface area contributed by atoms with Crippen molar-refractivity contribution in [3.63, 3.8) is 0 Å². The summed E-state index contributed by atoms with van der Waals surface area (Å²) >= 11 is 0. The number of hydrogen-bond acceptors (Lipinski definition) is 6. The summed E-state index contributed by atoms with van der Waals surface area (Å²) in [5.41, 5.74) is 6.53. The lowest BCUT2D eigenvalue weighted by Crippen LogP contribution is -2.32. The first-order valence-electron chi connectivity index (χ1n) is 8.48. The molecule has 1 aromatic carbocycles. The van der Waals surface area contributed by atoms with Crippen molar-refractivity contribution in [3.8, 4) is 5.75 Å². The Kier molecular flexibility index (Phi) is 5.20. The van der Waals surface area contributed by atoms with Crippen molar-refractivity contribution in [1.29, 1.82) is 0 Å². The maximum Gasteiger partial charge on any atom is 0.232 e. The van der Waals surface area contributed by atoms with E-state index >= 15 is 0 Å². The summed E-state index contributed by atoms with van der Waals surface area (Å²) in [6.07, 6.45) is 0.937. The average Bonchev–Trinajstić information content (AvgIpc) is 3.26. The van der Waals surface area contributed by atoms with Gasteiger partial charge >= 0.3 is 0 Å². The SMILES string of the molecule is COc1cccc(CCC(=O)N2CC(C(N)=O)C(c3nc(C)no3)C2)c1. The second kappa shape index (κ2) is 7.55. The third kappa shape index (κ3) is 3.84. The van der Waals surface area contributed by atoms with E-state index in [0.717, 1.165) is 11.3 Å². The molecule has 1 aromatic heterocycles. The van der Waals surface area contributed by atoms with Crippen LogP contribution in [0.1, 0.15) is 29.6 Å². The molecule has 8 heteroatoms. The van der Waals surface area contributed by atoms with Crippen LogP contribution in [0.15, 0.2) is 28.8 Å². The maximum atomic E-state index is 12.6. The van der Waals surface area contributed by atoms with E-state index in [1.807, 2.05) is 24.3 Å². The van der Waals surface area contributed by atoms with Gasteiger partial charge in [-0.15, -0.1) is 0 Å². The fourth-order valence-electron chi connectivity index (χ4n) is 3.25. The third-order valence-corrected chi connectivity index (χ3v) is 4.66. The first kappa shape index (κ1) is 17.9. The molecule has 1 fully saturated rings. The Labute approximate surface area is 151 Å². The van der Waals surface area contributed by atoms with E-state index in [1.54, 1.807) is 18.9 Å². The normalized spacial score (nSPS) is 19.5. The molecular formula is C18H22N4O4. The minimum atomic E-state index is -0.518. The number of benzene rings is 1. The van der Waals surface area contributed by atoms with Crippen LogP contribution in [0.5, 0.6) is 5.75 Å². The molecule has 2 aromatic rings. The Bertz CT molecular complexity index is 804. The van der Waals surface area contributed by atoms with Gasteiger partial charge in [-0.05, 0) is 31.0 Å². The number of methoxy groups -OCH3 is 1. The Hall–Kier alpha value is -2.90. The number of nitrogens with two attached hydrogens (primary N) is 1. The van der Waals surface area contributed by atoms with Crippen molar-refractivity contribution in [2.24, 2.45) is 11.7 Å². The minimum Gasteiger partial charge on any atom is -0.497 e. The molecule has 0 radical (unpaired) electrons. The van der Waals surface area contributed by atoms with Crippen molar-refractivity contribution in [2.75, 3.05) is 20.2 Å². The molecule has 8 nitrogen and oxygen atoms in total. The molecule has 2 amide bonds. The average molecular weight is 358 g/mol. The van der Waals surface area contributed by atoms with E-state index in [1.165, 1.54) is 0 Å². The first-order chi connectivity index (χ1) is 12.5. The summed E-state index contributed by atoms with van der Waals surface area (Å²) < 4.78 is 10.4. The lowest BCUT2D eigenvalue weighted by molar-refractivity contribution is -0.130. The quantitative estimate of drug-likeness (QED) is 0.826. The van der Waals surface area contributed by atoms with E-state index in [2.05, 4.69) is 10.1 Å². The largest absolute Gasteiger partial charge is 0.497 e. The monoisotopic (exact) mass is 358 g/mol. The number of hydrogen-bond donors (Lipinski definition) is 1. The number of aromatic nitrogens is 2. The highest BCUT2D eigenvalue weighted by atomic mass is 16.5. The Morgan fingerprint density at radius 3 is 2.85 bits per heavy atom. The molecule has 0 saturated carbocycles. The highest BCUT2D eigenvalue weighted by molar-refractivity contribution is 5.82. The molecule has 26 heavy (non-hydrogen) atoms. The minimum absolute atomic E-state index is 0.0298. The van der Waals surface area contributed by atoms with Gasteiger partial charge in [-0.2, -0.15) is 4.98 Å². The van der Waals surface area contributed by atoms with Crippen LogP contribution in [-0.2, 0) is 16.0 Å². The predicted octanol–water partition coefficient (Wildman–Crippen LogP) is 1.05. The predicted molar refractivity (Wildman–Crippen MR) is 92.4 cm³/mol. The zero-order chi connectivity index (χ0) is 18.7. The number of rotatable bonds is 6. The van der Waals surface area contributed by atoms with E-state index in [-0.39, 0.29) is 18.4 Å². The van der Waals surface area contributed by atoms with E-state index in [4.69, 9.17) is 15.0 Å². The van der Waals surface area contributed by atoms with Gasteiger partial charge in [0.05, 0.1) is 18.9 Å². The van der Waals surface area contributed by atoms with Crippen molar-refractivity contribution < 1.29 is 18.8 Å². The number of nitrogens with zero attached hydrogens (tertiary/aromatic N) is 3. The molecule has 0 spiro atoms. The molecule has 0 aliphatic carbocycles. The van der Waals surface area contributed by atoms with Gasteiger partial charge in [0.25, 0.3) is 0 Å². The van der Waals surface area contributed by atoms with E-state index in [0.29, 0.717) is 31.1 Å². The zero-order valence-electron chi connectivity index (χ0n) is 14.8. The van der Waals surface area contributed by atoms with Crippen LogP contribution in [0, 0.1) is 12.8 Å². The van der Waals surface area contributed by atoms with Gasteiger partial charge in [-0.1, -0.05) is 17.3 Å². The van der Waals surface area contributed by atoms with Crippen molar-refractivity contribution in [2.45, 2.75) is 25.7 Å². The Morgan fingerprint density at radius 1 is 1.38 bits per heavy atom. The number of likely N-dealkylation sites (tertiary alicyclic amines) is 1. The van der Waals surface area contributed by atoms with Gasteiger partial charge < -0.3 is 19.9 Å². The Balaban J connectivity index is 1.65. The fraction of sp³-hybridized carbons (Fsp3) is 0.444. The summed E-state index contributed by atoms with van der Waals surface area (Å²) in [5, 5.41) is 3.76. The third-order valence-electron chi connectivity index (χ3n) is 4.66. The molecule has 1 saturated heterocycles. The number of aryl methyl sites for hydroxylation is 2. The van der Waals surface area contributed by atoms with Crippen LogP contribution < -0.4 is 10.5 Å². The molecule has 1 aliphatic rings. The molecule has 3 rings (SSSR count). The Morgan fingerprint density at radius 2 is 2.19 bits per heavy atom. The van der Waals surface area contributed by atoms with Gasteiger partial charge in [-0.3, -0.25) is 9.59 Å². The van der Waals surface area contributed by atoms with Gasteiger partial charge in [0.15, 0.2) is 5.82 Å². The smallest absolute Gasteiger partial charge is 0.232 e. The first-order valence-corrected chi connectivity index (χ1v) is 8.48. The van der Waals surface area contributed by atoms with E-state index < -0.39 is 11.8 Å². The zero-order valence-corrected chi connectivity index (χ0v) is 14.8. The van der Waals surface area contributed by atoms with Crippen molar-refractivity contribution >= 4 is 11.8 Å². The van der Waals surface area contributed by atoms with Crippen LogP contribution in [0.3, 0.4) is 0 Å². The lowest BCUT2D eigenvalue weighted by atomic mass is 9.95. The molecular weight excluding hydrogens is 336 g/mol. The van der Waals surface area contributed by atoms with Gasteiger partial charge in [0.1, 0.15) is 5.75 Å². The molecule has 138 valence electrons. The van der Waals surface area contributed by atoms with Gasteiger partial charge in [-0.25, -0.2) is 0 Å². The molecule has 1 aliphatic heterocycles. The fourth-order valence-corrected chi connectivity index (χ4v) is 3.25. The summed E-state index contributed by atoms with van der Waals surface area (Å²) in [6, 6.07) is 7.62. The topological polar surface area (TPSA) is 112 Å². The second-order valence-corrected chi connectivity index (χ2v) is 6.45. The van der Waals surface area contributed by atoms with Crippen LogP contribution in [0.2, 0.25) is 0 Å². The molecule has 2 N–H and O–H groups in total. The maximum absolute atomic E-state index is 12.6. The van der Waals surface area contributed by atoms with Gasteiger partial charge in [0.2, 0.25) is 17.7 Å². The summed E-state index contributed by atoms with van der Waals surface area (Å²) in [5.74, 6) is 0.244. The number of amides is 2. The highest BCUT2D eigenvalue weighted by Crippen LogP contribution is 2.32.